The van der Waals surface area contributed by atoms with Crippen LogP contribution in [0.3, 0.4) is 0 Å². The molecule has 3 aromatic rings. The summed E-state index contributed by atoms with van der Waals surface area (Å²) in [7, 11) is 0. The lowest BCUT2D eigenvalue weighted by molar-refractivity contribution is 0.0778. The first-order valence-corrected chi connectivity index (χ1v) is 8.83. The summed E-state index contributed by atoms with van der Waals surface area (Å²) in [4.78, 5) is 14.7. The number of rotatable bonds is 3. The largest absolute Gasteiger partial charge is 0.273 e. The summed E-state index contributed by atoms with van der Waals surface area (Å²) in [5.74, 6) is -0.552. The third kappa shape index (κ3) is 3.23. The molecule has 1 aliphatic rings. The molecule has 5 heteroatoms. The van der Waals surface area contributed by atoms with Gasteiger partial charge in [0.15, 0.2) is 0 Å². The number of benzene rings is 2. The summed E-state index contributed by atoms with van der Waals surface area (Å²) in [5.41, 5.74) is 2.54. The van der Waals surface area contributed by atoms with Gasteiger partial charge in [-0.3, -0.25) is 4.79 Å². The molecular weight excluding hydrogens is 335 g/mol. The van der Waals surface area contributed by atoms with Crippen LogP contribution in [0.1, 0.15) is 21.7 Å². The molecule has 1 aliphatic heterocycles. The van der Waals surface area contributed by atoms with E-state index in [1.165, 1.54) is 39.7 Å². The number of thiophene rings is 1. The lowest BCUT2D eigenvalue weighted by atomic mass is 10.2. The fourth-order valence-corrected chi connectivity index (χ4v) is 3.79. The zero-order valence-electron chi connectivity index (χ0n) is 13.4. The van der Waals surface area contributed by atoms with Crippen molar-refractivity contribution in [2.24, 2.45) is 5.10 Å². The highest BCUT2D eigenvalue weighted by Gasteiger charge is 2.23. The van der Waals surface area contributed by atoms with Gasteiger partial charge in [0.25, 0.3) is 5.91 Å². The highest BCUT2D eigenvalue weighted by Crippen LogP contribution is 2.30. The van der Waals surface area contributed by atoms with Crippen molar-refractivity contribution in [1.29, 1.82) is 0 Å². The molecule has 3 nitrogen and oxygen atoms in total. The Labute approximate surface area is 149 Å². The summed E-state index contributed by atoms with van der Waals surface area (Å²) in [6, 6.07) is 19.9. The Morgan fingerprint density at radius 1 is 0.960 bits per heavy atom. The molecule has 0 saturated heterocycles. The molecular formula is C20H15FN2OS. The van der Waals surface area contributed by atoms with E-state index in [2.05, 4.69) is 29.4 Å². The maximum atomic E-state index is 13.0. The Kier molecular flexibility index (Phi) is 4.15. The Balaban J connectivity index is 1.54. The van der Waals surface area contributed by atoms with E-state index in [0.29, 0.717) is 12.1 Å². The molecule has 124 valence electrons. The van der Waals surface area contributed by atoms with E-state index in [4.69, 9.17) is 0 Å². The first kappa shape index (κ1) is 15.7. The van der Waals surface area contributed by atoms with Crippen LogP contribution in [0.5, 0.6) is 0 Å². The van der Waals surface area contributed by atoms with Crippen molar-refractivity contribution in [2.75, 3.05) is 6.54 Å². The average molecular weight is 350 g/mol. The summed E-state index contributed by atoms with van der Waals surface area (Å²) >= 11 is 1.68. The maximum Gasteiger partial charge on any atom is 0.273 e. The lowest BCUT2D eigenvalue weighted by Crippen LogP contribution is -2.23. The zero-order valence-corrected chi connectivity index (χ0v) is 14.2. The summed E-state index contributed by atoms with van der Waals surface area (Å²) in [6.07, 6.45) is 0.724. The number of halogens is 1. The number of hydrazone groups is 1. The molecule has 25 heavy (non-hydrogen) atoms. The van der Waals surface area contributed by atoms with Crippen molar-refractivity contribution in [3.8, 4) is 10.4 Å². The van der Waals surface area contributed by atoms with Crippen molar-refractivity contribution < 1.29 is 9.18 Å². The van der Waals surface area contributed by atoms with E-state index in [1.54, 1.807) is 11.3 Å². The molecule has 4 rings (SSSR count). The molecule has 1 amide bonds. The highest BCUT2D eigenvalue weighted by atomic mass is 32.1. The van der Waals surface area contributed by atoms with Gasteiger partial charge in [-0.25, -0.2) is 9.40 Å². The fourth-order valence-electron chi connectivity index (χ4n) is 2.77. The standard InChI is InChI=1S/C20H15FN2OS/c21-16-8-6-15(7-9-16)20(24)23-13-12-17(22-23)19-11-10-18(25-19)14-4-2-1-3-5-14/h1-11H,12-13H2. The van der Waals surface area contributed by atoms with Crippen LogP contribution in [0, 0.1) is 5.82 Å². The number of nitrogens with zero attached hydrogens (tertiary/aromatic N) is 2. The smallest absolute Gasteiger partial charge is 0.267 e. The summed E-state index contributed by atoms with van der Waals surface area (Å²) in [6.45, 7) is 0.546. The van der Waals surface area contributed by atoms with E-state index in [-0.39, 0.29) is 11.7 Å². The quantitative estimate of drug-likeness (QED) is 0.667. The van der Waals surface area contributed by atoms with Crippen LogP contribution in [0.4, 0.5) is 4.39 Å². The van der Waals surface area contributed by atoms with Gasteiger partial charge in [-0.15, -0.1) is 11.3 Å². The van der Waals surface area contributed by atoms with Gasteiger partial charge in [-0.2, -0.15) is 5.10 Å². The molecule has 0 bridgehead atoms. The van der Waals surface area contributed by atoms with Crippen LogP contribution in [0.25, 0.3) is 10.4 Å². The minimum Gasteiger partial charge on any atom is -0.267 e. The second kappa shape index (κ2) is 6.61. The minimum atomic E-state index is -0.353. The van der Waals surface area contributed by atoms with Crippen molar-refractivity contribution in [3.05, 3.63) is 83.0 Å². The third-order valence-electron chi connectivity index (χ3n) is 4.08. The van der Waals surface area contributed by atoms with Gasteiger partial charge in [0.1, 0.15) is 5.82 Å². The molecule has 1 aromatic heterocycles. The maximum absolute atomic E-state index is 13.0. The molecule has 0 atom stereocenters. The molecule has 2 aromatic carbocycles. The minimum absolute atomic E-state index is 0.199. The van der Waals surface area contributed by atoms with Crippen molar-refractivity contribution in [2.45, 2.75) is 6.42 Å². The van der Waals surface area contributed by atoms with Gasteiger partial charge in [-0.1, -0.05) is 30.3 Å². The van der Waals surface area contributed by atoms with Crippen molar-refractivity contribution >= 4 is 23.0 Å². The van der Waals surface area contributed by atoms with E-state index < -0.39 is 0 Å². The zero-order chi connectivity index (χ0) is 17.2. The SMILES string of the molecule is O=C(c1ccc(F)cc1)N1CCC(c2ccc(-c3ccccc3)s2)=N1. The third-order valence-corrected chi connectivity index (χ3v) is 5.26. The van der Waals surface area contributed by atoms with E-state index >= 15 is 0 Å². The number of carbonyl (C=O) groups excluding carboxylic acids is 1. The van der Waals surface area contributed by atoms with Crippen LogP contribution < -0.4 is 0 Å². The Morgan fingerprint density at radius 3 is 2.44 bits per heavy atom. The molecule has 0 unspecified atom stereocenters. The van der Waals surface area contributed by atoms with E-state index in [9.17, 15) is 9.18 Å². The highest BCUT2D eigenvalue weighted by molar-refractivity contribution is 7.17. The number of hydrogen-bond donors (Lipinski definition) is 0. The first-order chi connectivity index (χ1) is 12.2. The Hall–Kier alpha value is -2.79. The lowest BCUT2D eigenvalue weighted by Gasteiger charge is -2.10. The first-order valence-electron chi connectivity index (χ1n) is 8.01. The van der Waals surface area contributed by atoms with Gasteiger partial charge in [0, 0.05) is 16.9 Å². The average Bonchev–Trinajstić information content (AvgIpc) is 3.32. The molecule has 0 spiro atoms. The number of amides is 1. The summed E-state index contributed by atoms with van der Waals surface area (Å²) in [5, 5.41) is 5.94. The Bertz CT molecular complexity index is 932. The van der Waals surface area contributed by atoms with Crippen LogP contribution in [-0.4, -0.2) is 23.2 Å². The molecule has 0 N–H and O–H groups in total. The normalized spacial score (nSPS) is 13.8. The molecule has 0 radical (unpaired) electrons. The second-order valence-electron chi connectivity index (χ2n) is 5.76. The van der Waals surface area contributed by atoms with Gasteiger partial charge in [-0.05, 0) is 42.0 Å². The van der Waals surface area contributed by atoms with E-state index in [1.807, 2.05) is 18.2 Å². The predicted octanol–water partition coefficient (Wildman–Crippen LogP) is 4.80. The van der Waals surface area contributed by atoms with Gasteiger partial charge in [0.05, 0.1) is 17.1 Å². The number of hydrogen-bond acceptors (Lipinski definition) is 3. The van der Waals surface area contributed by atoms with Crippen LogP contribution >= 0.6 is 11.3 Å². The molecule has 0 saturated carbocycles. The van der Waals surface area contributed by atoms with E-state index in [0.717, 1.165) is 17.0 Å². The molecule has 0 aliphatic carbocycles. The fraction of sp³-hybridized carbons (Fsp3) is 0.100. The van der Waals surface area contributed by atoms with Gasteiger partial charge in [0.2, 0.25) is 0 Å². The van der Waals surface area contributed by atoms with Crippen LogP contribution in [-0.2, 0) is 0 Å². The van der Waals surface area contributed by atoms with Crippen LogP contribution in [0.2, 0.25) is 0 Å². The van der Waals surface area contributed by atoms with Crippen molar-refractivity contribution in [1.82, 2.24) is 5.01 Å². The van der Waals surface area contributed by atoms with Gasteiger partial charge < -0.3 is 0 Å². The Morgan fingerprint density at radius 2 is 1.68 bits per heavy atom. The summed E-state index contributed by atoms with van der Waals surface area (Å²) < 4.78 is 13.0. The molecule has 2 heterocycles. The van der Waals surface area contributed by atoms with Gasteiger partial charge >= 0.3 is 0 Å². The van der Waals surface area contributed by atoms with Crippen LogP contribution in [0.15, 0.2) is 71.8 Å². The van der Waals surface area contributed by atoms with Crippen molar-refractivity contribution in [3.63, 3.8) is 0 Å². The monoisotopic (exact) mass is 350 g/mol. The number of carbonyl (C=O) groups is 1. The molecule has 0 fully saturated rings. The predicted molar refractivity (Wildman–Crippen MR) is 98.3 cm³/mol. The second-order valence-corrected chi connectivity index (χ2v) is 6.85. The topological polar surface area (TPSA) is 32.7 Å².